The van der Waals surface area contributed by atoms with E-state index >= 15 is 0 Å². The minimum atomic E-state index is -0.673. The second-order valence-electron chi connectivity index (χ2n) is 8.11. The number of benzene rings is 2. The maximum Gasteiger partial charge on any atom is 0.253 e. The molecule has 3 rings (SSSR count). The molecule has 0 radical (unpaired) electrons. The highest BCUT2D eigenvalue weighted by Crippen LogP contribution is 2.25. The maximum atomic E-state index is 12.5. The molecule has 172 valence electrons. The zero-order chi connectivity index (χ0) is 23.1. The Morgan fingerprint density at radius 3 is 2.47 bits per heavy atom. The average molecular weight is 478 g/mol. The normalized spacial score (nSPS) is 15.8. The molecular weight excluding hydrogens is 449 g/mol. The number of amides is 2. The van der Waals surface area contributed by atoms with Crippen LogP contribution < -0.4 is 15.4 Å². The molecule has 0 aliphatic carbocycles. The summed E-state index contributed by atoms with van der Waals surface area (Å²) in [6.45, 7) is 5.16. The zero-order valence-electron chi connectivity index (χ0n) is 18.4. The molecule has 1 heterocycles. The number of nitrogens with zero attached hydrogens (tertiary/aromatic N) is 1. The second kappa shape index (κ2) is 11.5. The first-order chi connectivity index (χ1) is 15.4. The average Bonchev–Trinajstić information content (AvgIpc) is 2.80. The molecule has 8 heteroatoms. The molecule has 0 bridgehead atoms. The summed E-state index contributed by atoms with van der Waals surface area (Å²) < 4.78 is 5.21. The lowest BCUT2D eigenvalue weighted by Gasteiger charge is -2.32. The van der Waals surface area contributed by atoms with Crippen LogP contribution in [0.2, 0.25) is 10.0 Å². The van der Waals surface area contributed by atoms with Crippen molar-refractivity contribution in [2.45, 2.75) is 32.4 Å². The summed E-state index contributed by atoms with van der Waals surface area (Å²) in [6.07, 6.45) is 2.05. The Kier molecular flexibility index (Phi) is 8.79. The predicted molar refractivity (Wildman–Crippen MR) is 127 cm³/mol. The van der Waals surface area contributed by atoms with Gasteiger partial charge in [0.2, 0.25) is 5.91 Å². The lowest BCUT2D eigenvalue weighted by molar-refractivity contribution is -0.122. The van der Waals surface area contributed by atoms with Crippen molar-refractivity contribution in [1.82, 2.24) is 15.5 Å². The van der Waals surface area contributed by atoms with E-state index in [1.165, 1.54) is 5.56 Å². The lowest BCUT2D eigenvalue weighted by Crippen LogP contribution is -2.47. The molecule has 0 saturated carbocycles. The van der Waals surface area contributed by atoms with Gasteiger partial charge in [-0.15, -0.1) is 0 Å². The highest BCUT2D eigenvalue weighted by molar-refractivity contribution is 6.43. The van der Waals surface area contributed by atoms with E-state index in [-0.39, 0.29) is 16.5 Å². The third-order valence-corrected chi connectivity index (χ3v) is 6.59. The number of ether oxygens (including phenoxy) is 1. The van der Waals surface area contributed by atoms with E-state index < -0.39 is 11.9 Å². The summed E-state index contributed by atoms with van der Waals surface area (Å²) >= 11 is 12.0. The fourth-order valence-electron chi connectivity index (χ4n) is 3.75. The fraction of sp³-hybridized carbons (Fsp3) is 0.417. The van der Waals surface area contributed by atoms with Gasteiger partial charge in [-0.3, -0.25) is 14.5 Å². The smallest absolute Gasteiger partial charge is 0.253 e. The summed E-state index contributed by atoms with van der Waals surface area (Å²) in [5.74, 6) is 0.657. The number of piperidine rings is 1. The second-order valence-corrected chi connectivity index (χ2v) is 8.89. The number of methoxy groups -OCH3 is 1. The van der Waals surface area contributed by atoms with Gasteiger partial charge in [-0.25, -0.2) is 0 Å². The number of rotatable bonds is 8. The highest BCUT2D eigenvalue weighted by Gasteiger charge is 2.22. The summed E-state index contributed by atoms with van der Waals surface area (Å²) in [5.41, 5.74) is 1.52. The number of carbonyl (C=O) groups excluding carboxylic acids is 2. The predicted octanol–water partition coefficient (Wildman–Crippen LogP) is 4.15. The van der Waals surface area contributed by atoms with Crippen LogP contribution in [-0.4, -0.2) is 49.5 Å². The molecule has 1 unspecified atom stereocenters. The number of likely N-dealkylation sites (tertiary alicyclic amines) is 1. The Hall–Kier alpha value is -2.28. The highest BCUT2D eigenvalue weighted by atomic mass is 35.5. The Morgan fingerprint density at radius 2 is 1.81 bits per heavy atom. The third-order valence-electron chi connectivity index (χ3n) is 5.77. The van der Waals surface area contributed by atoms with Crippen molar-refractivity contribution >= 4 is 35.0 Å². The van der Waals surface area contributed by atoms with Crippen molar-refractivity contribution < 1.29 is 14.3 Å². The van der Waals surface area contributed by atoms with Crippen LogP contribution in [0.1, 0.15) is 35.7 Å². The SMILES string of the molecule is COc1ccc(CN2CCC(CNC(=O)C(C)NC(=O)c3cccc(Cl)c3Cl)CC2)cc1. The molecule has 1 atom stereocenters. The van der Waals surface area contributed by atoms with Crippen molar-refractivity contribution in [2.24, 2.45) is 5.92 Å². The van der Waals surface area contributed by atoms with Crippen LogP contribution in [-0.2, 0) is 11.3 Å². The van der Waals surface area contributed by atoms with Crippen LogP contribution in [0.5, 0.6) is 5.75 Å². The summed E-state index contributed by atoms with van der Waals surface area (Å²) in [7, 11) is 1.67. The quantitative estimate of drug-likeness (QED) is 0.598. The van der Waals surface area contributed by atoms with Gasteiger partial charge in [0.1, 0.15) is 11.8 Å². The first-order valence-electron chi connectivity index (χ1n) is 10.7. The van der Waals surface area contributed by atoms with E-state index in [0.29, 0.717) is 17.5 Å². The molecule has 32 heavy (non-hydrogen) atoms. The number of hydrogen-bond acceptors (Lipinski definition) is 4. The van der Waals surface area contributed by atoms with Crippen molar-refractivity contribution in [3.05, 3.63) is 63.6 Å². The summed E-state index contributed by atoms with van der Waals surface area (Å²) in [6, 6.07) is 12.3. The Bertz CT molecular complexity index is 929. The van der Waals surface area contributed by atoms with Crippen molar-refractivity contribution in [2.75, 3.05) is 26.7 Å². The fourth-order valence-corrected chi connectivity index (χ4v) is 4.14. The van der Waals surface area contributed by atoms with Gasteiger partial charge >= 0.3 is 0 Å². The van der Waals surface area contributed by atoms with Gasteiger partial charge in [-0.05, 0) is 68.6 Å². The topological polar surface area (TPSA) is 70.7 Å². The van der Waals surface area contributed by atoms with E-state index in [0.717, 1.165) is 38.2 Å². The molecule has 2 aromatic carbocycles. The Labute approximate surface area is 199 Å². The molecule has 1 aliphatic heterocycles. The van der Waals surface area contributed by atoms with Crippen molar-refractivity contribution in [3.8, 4) is 5.75 Å². The summed E-state index contributed by atoms with van der Waals surface area (Å²) in [5, 5.41) is 6.13. The van der Waals surface area contributed by atoms with Gasteiger partial charge in [0, 0.05) is 13.1 Å². The van der Waals surface area contributed by atoms with Crippen molar-refractivity contribution in [3.63, 3.8) is 0 Å². The molecular formula is C24H29Cl2N3O3. The minimum Gasteiger partial charge on any atom is -0.497 e. The number of hydrogen-bond donors (Lipinski definition) is 2. The van der Waals surface area contributed by atoms with Gasteiger partial charge in [0.25, 0.3) is 5.91 Å². The molecule has 2 amide bonds. The van der Waals surface area contributed by atoms with Crippen LogP contribution in [0.3, 0.4) is 0 Å². The molecule has 1 aliphatic rings. The maximum absolute atomic E-state index is 12.5. The Balaban J connectivity index is 1.39. The lowest BCUT2D eigenvalue weighted by atomic mass is 9.96. The Morgan fingerprint density at radius 1 is 1.12 bits per heavy atom. The van der Waals surface area contributed by atoms with Gasteiger partial charge in [-0.2, -0.15) is 0 Å². The first kappa shape index (κ1) is 24.4. The van der Waals surface area contributed by atoms with Crippen LogP contribution in [0.15, 0.2) is 42.5 Å². The van der Waals surface area contributed by atoms with Crippen LogP contribution in [0.4, 0.5) is 0 Å². The van der Waals surface area contributed by atoms with Gasteiger partial charge in [0.15, 0.2) is 0 Å². The van der Waals surface area contributed by atoms with Gasteiger partial charge in [-0.1, -0.05) is 41.4 Å². The molecule has 0 aromatic heterocycles. The molecule has 6 nitrogen and oxygen atoms in total. The monoisotopic (exact) mass is 477 g/mol. The summed E-state index contributed by atoms with van der Waals surface area (Å²) in [4.78, 5) is 27.3. The largest absolute Gasteiger partial charge is 0.497 e. The number of nitrogens with one attached hydrogen (secondary N) is 2. The number of carbonyl (C=O) groups is 2. The zero-order valence-corrected chi connectivity index (χ0v) is 19.9. The van der Waals surface area contributed by atoms with E-state index in [1.54, 1.807) is 32.2 Å². The molecule has 1 saturated heterocycles. The van der Waals surface area contributed by atoms with Crippen LogP contribution >= 0.6 is 23.2 Å². The number of halogens is 2. The van der Waals surface area contributed by atoms with Gasteiger partial charge in [0.05, 0.1) is 22.7 Å². The first-order valence-corrected chi connectivity index (χ1v) is 11.5. The van der Waals surface area contributed by atoms with E-state index in [2.05, 4.69) is 27.7 Å². The van der Waals surface area contributed by atoms with Crippen LogP contribution in [0, 0.1) is 5.92 Å². The van der Waals surface area contributed by atoms with Crippen LogP contribution in [0.25, 0.3) is 0 Å². The molecule has 2 aromatic rings. The van der Waals surface area contributed by atoms with Gasteiger partial charge < -0.3 is 15.4 Å². The standard InChI is InChI=1S/C24H29Cl2N3O3/c1-16(28-24(31)20-4-3-5-21(25)22(20)26)23(30)27-14-17-10-12-29(13-11-17)15-18-6-8-19(32-2)9-7-18/h3-9,16-17H,10-15H2,1-2H3,(H,27,30)(H,28,31). The molecule has 1 fully saturated rings. The van der Waals surface area contributed by atoms with Crippen molar-refractivity contribution in [1.29, 1.82) is 0 Å². The molecule has 0 spiro atoms. The van der Waals surface area contributed by atoms with E-state index in [1.807, 2.05) is 12.1 Å². The third kappa shape index (κ3) is 6.61. The van der Waals surface area contributed by atoms with E-state index in [4.69, 9.17) is 27.9 Å². The minimum absolute atomic E-state index is 0.181. The molecule has 2 N–H and O–H groups in total. The van der Waals surface area contributed by atoms with E-state index in [9.17, 15) is 9.59 Å².